The van der Waals surface area contributed by atoms with Crippen LogP contribution in [0.2, 0.25) is 0 Å². The van der Waals surface area contributed by atoms with E-state index in [9.17, 15) is 4.79 Å². The van der Waals surface area contributed by atoms with Crippen LogP contribution in [0.4, 0.5) is 5.82 Å². The first-order valence-electron chi connectivity index (χ1n) is 11.6. The Labute approximate surface area is 200 Å². The van der Waals surface area contributed by atoms with Gasteiger partial charge in [-0.05, 0) is 18.5 Å². The lowest BCUT2D eigenvalue weighted by Crippen LogP contribution is -2.37. The first-order valence-corrected chi connectivity index (χ1v) is 12.5. The maximum atomic E-state index is 13.7. The molecule has 172 valence electrons. The second kappa shape index (κ2) is 9.13. The number of thiophene rings is 1. The molecule has 0 atom stereocenters. The highest BCUT2D eigenvalue weighted by Gasteiger charge is 2.18. The lowest BCUT2D eigenvalue weighted by Gasteiger charge is -2.26. The molecule has 4 heterocycles. The van der Waals surface area contributed by atoms with E-state index in [1.54, 1.807) is 0 Å². The highest BCUT2D eigenvalue weighted by atomic mass is 32.1. The van der Waals surface area contributed by atoms with Crippen LogP contribution < -0.4 is 10.9 Å². The minimum atomic E-state index is -0.137. The topological polar surface area (TPSA) is 71.8 Å². The molecule has 3 aromatic heterocycles. The van der Waals surface area contributed by atoms with Crippen LogP contribution in [-0.2, 0) is 4.74 Å². The lowest BCUT2D eigenvalue weighted by atomic mass is 10.1. The third-order valence-corrected chi connectivity index (χ3v) is 7.21. The molecule has 6 rings (SSSR count). The van der Waals surface area contributed by atoms with Crippen LogP contribution in [0.15, 0.2) is 64.8 Å². The van der Waals surface area contributed by atoms with Crippen LogP contribution in [0.3, 0.4) is 0 Å². The zero-order valence-corrected chi connectivity index (χ0v) is 19.6. The summed E-state index contributed by atoms with van der Waals surface area (Å²) in [5.74, 6) is 0.713. The monoisotopic (exact) mass is 471 g/mol. The molecule has 1 fully saturated rings. The van der Waals surface area contributed by atoms with E-state index in [0.29, 0.717) is 16.9 Å². The number of fused-ring (bicyclic) bond motifs is 4. The van der Waals surface area contributed by atoms with Crippen LogP contribution in [0.5, 0.6) is 0 Å². The van der Waals surface area contributed by atoms with Crippen molar-refractivity contribution in [1.82, 2.24) is 19.5 Å². The smallest absolute Gasteiger partial charge is 0.283 e. The van der Waals surface area contributed by atoms with Crippen LogP contribution in [-0.4, -0.2) is 58.9 Å². The van der Waals surface area contributed by atoms with E-state index in [-0.39, 0.29) is 5.56 Å². The summed E-state index contributed by atoms with van der Waals surface area (Å²) in [4.78, 5) is 21.7. The van der Waals surface area contributed by atoms with E-state index in [4.69, 9.17) is 14.8 Å². The van der Waals surface area contributed by atoms with Gasteiger partial charge in [-0.3, -0.25) is 9.69 Å². The minimum Gasteiger partial charge on any atom is -0.379 e. The predicted octanol–water partition coefficient (Wildman–Crippen LogP) is 4.26. The van der Waals surface area contributed by atoms with Crippen LogP contribution in [0, 0.1) is 0 Å². The zero-order valence-electron chi connectivity index (χ0n) is 18.7. The highest BCUT2D eigenvalue weighted by Crippen LogP contribution is 2.32. The van der Waals surface area contributed by atoms with Crippen molar-refractivity contribution in [3.05, 3.63) is 70.3 Å². The number of hydrogen-bond acceptors (Lipinski definition) is 7. The van der Waals surface area contributed by atoms with Crippen molar-refractivity contribution in [3.63, 3.8) is 0 Å². The fourth-order valence-corrected chi connectivity index (χ4v) is 5.52. The number of ether oxygens (including phenoxy) is 1. The third-order valence-electron chi connectivity index (χ3n) is 6.34. The molecule has 0 bridgehead atoms. The molecule has 0 aliphatic carbocycles. The third kappa shape index (κ3) is 3.83. The minimum absolute atomic E-state index is 0.137. The van der Waals surface area contributed by atoms with E-state index in [2.05, 4.69) is 10.2 Å². The van der Waals surface area contributed by atoms with Gasteiger partial charge in [0.15, 0.2) is 11.5 Å². The van der Waals surface area contributed by atoms with Crippen molar-refractivity contribution in [2.75, 3.05) is 44.7 Å². The van der Waals surface area contributed by atoms with Gasteiger partial charge in [-0.25, -0.2) is 4.98 Å². The Kier molecular flexibility index (Phi) is 5.70. The van der Waals surface area contributed by atoms with Gasteiger partial charge >= 0.3 is 0 Å². The van der Waals surface area contributed by atoms with Crippen molar-refractivity contribution >= 4 is 43.8 Å². The first kappa shape index (κ1) is 21.2. The Morgan fingerprint density at radius 1 is 1.00 bits per heavy atom. The molecule has 2 aromatic carbocycles. The van der Waals surface area contributed by atoms with Crippen molar-refractivity contribution in [2.45, 2.75) is 6.42 Å². The first-order chi connectivity index (χ1) is 16.8. The van der Waals surface area contributed by atoms with E-state index >= 15 is 0 Å². The SMILES string of the molecule is O=c1c2c(-c3ccccc3)csc2nc2c3ccccc3c(NCCCN3CCOCC3)nn12. The molecule has 0 saturated carbocycles. The van der Waals surface area contributed by atoms with E-state index in [0.717, 1.165) is 72.5 Å². The van der Waals surface area contributed by atoms with Gasteiger partial charge in [0.05, 0.1) is 18.6 Å². The number of rotatable bonds is 6. The summed E-state index contributed by atoms with van der Waals surface area (Å²) in [6, 6.07) is 18.0. The van der Waals surface area contributed by atoms with Crippen molar-refractivity contribution < 1.29 is 4.74 Å². The molecular formula is C26H25N5O2S. The van der Waals surface area contributed by atoms with Crippen molar-refractivity contribution in [2.24, 2.45) is 0 Å². The van der Waals surface area contributed by atoms with E-state index in [1.807, 2.05) is 60.0 Å². The summed E-state index contributed by atoms with van der Waals surface area (Å²) in [6.45, 7) is 5.37. The van der Waals surface area contributed by atoms with Crippen LogP contribution in [0.25, 0.3) is 37.8 Å². The fraction of sp³-hybridized carbons (Fsp3) is 0.269. The Bertz CT molecular complexity index is 1520. The number of hydrogen-bond donors (Lipinski definition) is 1. The average Bonchev–Trinajstić information content (AvgIpc) is 3.33. The number of nitrogens with zero attached hydrogens (tertiary/aromatic N) is 4. The summed E-state index contributed by atoms with van der Waals surface area (Å²) >= 11 is 1.50. The fourth-order valence-electron chi connectivity index (χ4n) is 4.58. The highest BCUT2D eigenvalue weighted by molar-refractivity contribution is 7.17. The van der Waals surface area contributed by atoms with Gasteiger partial charge in [0.1, 0.15) is 4.83 Å². The summed E-state index contributed by atoms with van der Waals surface area (Å²) in [5.41, 5.74) is 2.37. The molecule has 8 heteroatoms. The van der Waals surface area contributed by atoms with Gasteiger partial charge in [-0.2, -0.15) is 4.52 Å². The summed E-state index contributed by atoms with van der Waals surface area (Å²) in [5, 5.41) is 12.8. The molecule has 1 saturated heterocycles. The van der Waals surface area contributed by atoms with Crippen molar-refractivity contribution in [1.29, 1.82) is 0 Å². The molecule has 1 aliphatic heterocycles. The number of benzene rings is 2. The molecular weight excluding hydrogens is 446 g/mol. The predicted molar refractivity (Wildman–Crippen MR) is 138 cm³/mol. The zero-order chi connectivity index (χ0) is 22.9. The van der Waals surface area contributed by atoms with Gasteiger partial charge in [0, 0.05) is 41.4 Å². The molecule has 0 amide bonds. The quantitative estimate of drug-likeness (QED) is 0.295. The maximum Gasteiger partial charge on any atom is 0.283 e. The Balaban J connectivity index is 1.40. The number of anilines is 1. The number of aromatic nitrogens is 3. The Hall–Kier alpha value is -3.33. The summed E-state index contributed by atoms with van der Waals surface area (Å²) in [7, 11) is 0. The lowest BCUT2D eigenvalue weighted by molar-refractivity contribution is 0.0378. The normalized spacial score (nSPS) is 14.8. The van der Waals surface area contributed by atoms with Gasteiger partial charge in [0.25, 0.3) is 5.56 Å². The summed E-state index contributed by atoms with van der Waals surface area (Å²) in [6.07, 6.45) is 0.989. The van der Waals surface area contributed by atoms with Crippen LogP contribution in [0.1, 0.15) is 6.42 Å². The van der Waals surface area contributed by atoms with Gasteiger partial charge < -0.3 is 10.1 Å². The van der Waals surface area contributed by atoms with Gasteiger partial charge in [-0.1, -0.05) is 54.6 Å². The molecule has 34 heavy (non-hydrogen) atoms. The molecule has 0 unspecified atom stereocenters. The number of morpholine rings is 1. The largest absolute Gasteiger partial charge is 0.379 e. The van der Waals surface area contributed by atoms with E-state index in [1.165, 1.54) is 15.9 Å². The summed E-state index contributed by atoms with van der Waals surface area (Å²) < 4.78 is 6.90. The Morgan fingerprint density at radius 2 is 1.76 bits per heavy atom. The second-order valence-electron chi connectivity index (χ2n) is 8.48. The van der Waals surface area contributed by atoms with Crippen molar-refractivity contribution in [3.8, 4) is 11.1 Å². The maximum absolute atomic E-state index is 13.7. The standard InChI is InChI=1S/C26H25N5O2S/c32-26-22-21(18-7-2-1-3-8-18)17-34-25(22)28-24-20-10-5-4-9-19(20)23(29-31(24)26)27-11-6-12-30-13-15-33-16-14-30/h1-5,7-10,17H,6,11-16H2,(H,27,29). The molecule has 0 radical (unpaired) electrons. The molecule has 1 N–H and O–H groups in total. The van der Waals surface area contributed by atoms with Gasteiger partial charge in [0.2, 0.25) is 0 Å². The average molecular weight is 472 g/mol. The molecule has 0 spiro atoms. The molecule has 5 aromatic rings. The van der Waals surface area contributed by atoms with Crippen LogP contribution >= 0.6 is 11.3 Å². The second-order valence-corrected chi connectivity index (χ2v) is 9.33. The Morgan fingerprint density at radius 3 is 2.59 bits per heavy atom. The molecule has 7 nitrogen and oxygen atoms in total. The number of nitrogens with one attached hydrogen (secondary N) is 1. The van der Waals surface area contributed by atoms with Gasteiger partial charge in [-0.15, -0.1) is 16.4 Å². The molecule has 1 aliphatic rings. The van der Waals surface area contributed by atoms with E-state index < -0.39 is 0 Å².